The van der Waals surface area contributed by atoms with E-state index in [-0.39, 0.29) is 5.82 Å². The van der Waals surface area contributed by atoms with E-state index in [0.717, 1.165) is 0 Å². The fourth-order valence-electron chi connectivity index (χ4n) is 1.73. The van der Waals surface area contributed by atoms with Crippen LogP contribution in [-0.4, -0.2) is 19.1 Å². The standard InChI is InChI=1S/C13H18FNO2/c1-8-6-5-7-9(10(8)14)13(2,3)11(15)12(16)17-4/h5-7,11H,15H2,1-4H3. The van der Waals surface area contributed by atoms with E-state index in [0.29, 0.717) is 11.1 Å². The van der Waals surface area contributed by atoms with Gasteiger partial charge < -0.3 is 10.5 Å². The maximum atomic E-state index is 14.0. The Hall–Kier alpha value is -1.42. The van der Waals surface area contributed by atoms with Crippen molar-refractivity contribution in [1.29, 1.82) is 0 Å². The molecular formula is C13H18FNO2. The van der Waals surface area contributed by atoms with Gasteiger partial charge in [-0.25, -0.2) is 4.39 Å². The molecule has 94 valence electrons. The molecule has 0 saturated carbocycles. The molecule has 0 fully saturated rings. The summed E-state index contributed by atoms with van der Waals surface area (Å²) in [5.41, 5.74) is 5.96. The Bertz CT molecular complexity index is 429. The molecule has 2 N–H and O–H groups in total. The van der Waals surface area contributed by atoms with E-state index in [9.17, 15) is 9.18 Å². The Morgan fingerprint density at radius 2 is 2.06 bits per heavy atom. The number of methoxy groups -OCH3 is 1. The highest BCUT2D eigenvalue weighted by atomic mass is 19.1. The third-order valence-corrected chi connectivity index (χ3v) is 3.12. The molecule has 1 aromatic carbocycles. The number of esters is 1. The second kappa shape index (κ2) is 4.84. The first kappa shape index (κ1) is 13.6. The van der Waals surface area contributed by atoms with Crippen molar-refractivity contribution < 1.29 is 13.9 Å². The van der Waals surface area contributed by atoms with Crippen LogP contribution in [0.3, 0.4) is 0 Å². The topological polar surface area (TPSA) is 52.3 Å². The summed E-state index contributed by atoms with van der Waals surface area (Å²) in [4.78, 5) is 11.5. The van der Waals surface area contributed by atoms with Crippen LogP contribution in [0, 0.1) is 12.7 Å². The summed E-state index contributed by atoms with van der Waals surface area (Å²) in [5, 5.41) is 0. The fraction of sp³-hybridized carbons (Fsp3) is 0.462. The maximum absolute atomic E-state index is 14.0. The van der Waals surface area contributed by atoms with Gasteiger partial charge in [0.05, 0.1) is 7.11 Å². The van der Waals surface area contributed by atoms with Gasteiger partial charge in [-0.05, 0) is 18.1 Å². The molecule has 0 aliphatic heterocycles. The second-order valence-corrected chi connectivity index (χ2v) is 4.66. The molecule has 0 aliphatic rings. The van der Waals surface area contributed by atoms with Crippen molar-refractivity contribution in [1.82, 2.24) is 0 Å². The van der Waals surface area contributed by atoms with Crippen LogP contribution >= 0.6 is 0 Å². The number of carbonyl (C=O) groups is 1. The third-order valence-electron chi connectivity index (χ3n) is 3.12. The zero-order valence-corrected chi connectivity index (χ0v) is 10.6. The molecular weight excluding hydrogens is 221 g/mol. The van der Waals surface area contributed by atoms with Gasteiger partial charge >= 0.3 is 5.97 Å². The van der Waals surface area contributed by atoms with Crippen LogP contribution in [-0.2, 0) is 14.9 Å². The average molecular weight is 239 g/mol. The second-order valence-electron chi connectivity index (χ2n) is 4.66. The van der Waals surface area contributed by atoms with E-state index in [1.165, 1.54) is 7.11 Å². The van der Waals surface area contributed by atoms with Gasteiger partial charge in [-0.3, -0.25) is 4.79 Å². The molecule has 0 radical (unpaired) electrons. The number of hydrogen-bond donors (Lipinski definition) is 1. The third kappa shape index (κ3) is 2.47. The number of hydrogen-bond acceptors (Lipinski definition) is 3. The molecule has 0 spiro atoms. The molecule has 4 heteroatoms. The van der Waals surface area contributed by atoms with Crippen LogP contribution in [0.25, 0.3) is 0 Å². The number of carbonyl (C=O) groups excluding carboxylic acids is 1. The first-order chi connectivity index (χ1) is 7.82. The molecule has 17 heavy (non-hydrogen) atoms. The Balaban J connectivity index is 3.21. The Morgan fingerprint density at radius 1 is 1.47 bits per heavy atom. The lowest BCUT2D eigenvalue weighted by atomic mass is 9.77. The average Bonchev–Trinajstić information content (AvgIpc) is 2.30. The predicted octanol–water partition coefficient (Wildman–Crippen LogP) is 1.91. The summed E-state index contributed by atoms with van der Waals surface area (Å²) >= 11 is 0. The van der Waals surface area contributed by atoms with Crippen LogP contribution in [0.5, 0.6) is 0 Å². The summed E-state index contributed by atoms with van der Waals surface area (Å²) < 4.78 is 18.6. The molecule has 0 saturated heterocycles. The van der Waals surface area contributed by atoms with Gasteiger partial charge in [0, 0.05) is 5.41 Å². The number of halogens is 1. The fourth-order valence-corrected chi connectivity index (χ4v) is 1.73. The van der Waals surface area contributed by atoms with Crippen LogP contribution in [0.15, 0.2) is 18.2 Å². The van der Waals surface area contributed by atoms with Gasteiger partial charge in [0.2, 0.25) is 0 Å². The minimum absolute atomic E-state index is 0.322. The molecule has 0 amide bonds. The van der Waals surface area contributed by atoms with Crippen molar-refractivity contribution >= 4 is 5.97 Å². The van der Waals surface area contributed by atoms with Gasteiger partial charge in [0.15, 0.2) is 0 Å². The minimum Gasteiger partial charge on any atom is -0.468 e. The Labute approximate surface area is 101 Å². The van der Waals surface area contributed by atoms with E-state index in [1.54, 1.807) is 39.0 Å². The normalized spacial score (nSPS) is 13.3. The van der Waals surface area contributed by atoms with E-state index in [2.05, 4.69) is 4.74 Å². The molecule has 0 heterocycles. The van der Waals surface area contributed by atoms with Crippen LogP contribution in [0.1, 0.15) is 25.0 Å². The predicted molar refractivity (Wildman–Crippen MR) is 64.2 cm³/mol. The quantitative estimate of drug-likeness (QED) is 0.820. The molecule has 0 aliphatic carbocycles. The monoisotopic (exact) mass is 239 g/mol. The van der Waals surface area contributed by atoms with Gasteiger partial charge in [-0.1, -0.05) is 32.0 Å². The first-order valence-corrected chi connectivity index (χ1v) is 5.41. The lowest BCUT2D eigenvalue weighted by Crippen LogP contribution is -2.48. The van der Waals surface area contributed by atoms with Crippen molar-refractivity contribution in [3.05, 3.63) is 35.1 Å². The molecule has 0 aromatic heterocycles. The Kier molecular flexibility index (Phi) is 3.88. The summed E-state index contributed by atoms with van der Waals surface area (Å²) in [6.07, 6.45) is 0. The Morgan fingerprint density at radius 3 is 2.59 bits per heavy atom. The smallest absolute Gasteiger partial charge is 0.323 e. The summed E-state index contributed by atoms with van der Waals surface area (Å²) in [6, 6.07) is 4.17. The number of rotatable bonds is 3. The van der Waals surface area contributed by atoms with E-state index in [4.69, 9.17) is 5.73 Å². The van der Waals surface area contributed by atoms with Crippen LogP contribution in [0.2, 0.25) is 0 Å². The van der Waals surface area contributed by atoms with Gasteiger partial charge in [0.25, 0.3) is 0 Å². The highest BCUT2D eigenvalue weighted by molar-refractivity contribution is 5.77. The van der Waals surface area contributed by atoms with Crippen molar-refractivity contribution in [2.24, 2.45) is 5.73 Å². The van der Waals surface area contributed by atoms with Gasteiger partial charge in [0.1, 0.15) is 11.9 Å². The van der Waals surface area contributed by atoms with E-state index < -0.39 is 17.4 Å². The molecule has 0 bridgehead atoms. The summed E-state index contributed by atoms with van der Waals surface area (Å²) in [7, 11) is 1.27. The van der Waals surface area contributed by atoms with Crippen molar-refractivity contribution in [2.75, 3.05) is 7.11 Å². The molecule has 1 unspecified atom stereocenters. The highest BCUT2D eigenvalue weighted by Crippen LogP contribution is 2.30. The lowest BCUT2D eigenvalue weighted by molar-refractivity contribution is -0.143. The zero-order valence-electron chi connectivity index (χ0n) is 10.6. The number of ether oxygens (including phenoxy) is 1. The first-order valence-electron chi connectivity index (χ1n) is 5.41. The zero-order chi connectivity index (χ0) is 13.2. The molecule has 3 nitrogen and oxygen atoms in total. The summed E-state index contributed by atoms with van der Waals surface area (Å²) in [6.45, 7) is 5.14. The SMILES string of the molecule is COC(=O)C(N)C(C)(C)c1cccc(C)c1F. The van der Waals surface area contributed by atoms with E-state index >= 15 is 0 Å². The van der Waals surface area contributed by atoms with Crippen molar-refractivity contribution in [3.63, 3.8) is 0 Å². The number of aryl methyl sites for hydroxylation is 1. The minimum atomic E-state index is -0.899. The largest absolute Gasteiger partial charge is 0.468 e. The maximum Gasteiger partial charge on any atom is 0.323 e. The van der Waals surface area contributed by atoms with Gasteiger partial charge in [-0.2, -0.15) is 0 Å². The molecule has 1 aromatic rings. The van der Waals surface area contributed by atoms with Crippen LogP contribution < -0.4 is 5.73 Å². The van der Waals surface area contributed by atoms with Crippen LogP contribution in [0.4, 0.5) is 4.39 Å². The molecule has 1 rings (SSSR count). The van der Waals surface area contributed by atoms with Gasteiger partial charge in [-0.15, -0.1) is 0 Å². The highest BCUT2D eigenvalue weighted by Gasteiger charge is 2.36. The lowest BCUT2D eigenvalue weighted by Gasteiger charge is -2.30. The van der Waals surface area contributed by atoms with E-state index in [1.807, 2.05) is 0 Å². The van der Waals surface area contributed by atoms with Crippen molar-refractivity contribution in [3.8, 4) is 0 Å². The summed E-state index contributed by atoms with van der Waals surface area (Å²) in [5.74, 6) is -0.868. The number of benzene rings is 1. The van der Waals surface area contributed by atoms with Crippen molar-refractivity contribution in [2.45, 2.75) is 32.2 Å². The molecule has 1 atom stereocenters. The number of nitrogens with two attached hydrogens (primary N) is 1.